The maximum absolute atomic E-state index is 12.5. The maximum atomic E-state index is 12.5. The van der Waals surface area contributed by atoms with Gasteiger partial charge >= 0.3 is 6.61 Å². The van der Waals surface area contributed by atoms with Crippen LogP contribution < -0.4 is 10.1 Å². The molecule has 9 nitrogen and oxygen atoms in total. The van der Waals surface area contributed by atoms with Crippen LogP contribution in [0.3, 0.4) is 0 Å². The van der Waals surface area contributed by atoms with Crippen LogP contribution in [0.4, 0.5) is 20.5 Å². The van der Waals surface area contributed by atoms with E-state index in [4.69, 9.17) is 0 Å². The lowest BCUT2D eigenvalue weighted by atomic mass is 9.91. The van der Waals surface area contributed by atoms with Gasteiger partial charge in [-0.1, -0.05) is 24.3 Å². The van der Waals surface area contributed by atoms with E-state index in [9.17, 15) is 18.7 Å². The summed E-state index contributed by atoms with van der Waals surface area (Å²) in [6.45, 7) is -2.49. The highest BCUT2D eigenvalue weighted by Gasteiger charge is 2.45. The topological polar surface area (TPSA) is 113 Å². The second-order valence-corrected chi connectivity index (χ2v) is 8.94. The van der Waals surface area contributed by atoms with E-state index < -0.39 is 12.2 Å². The normalized spacial score (nSPS) is 17.6. The first-order chi connectivity index (χ1) is 17.3. The Hall–Kier alpha value is -4.03. The molecule has 36 heavy (non-hydrogen) atoms. The first kappa shape index (κ1) is 23.7. The molecule has 1 aromatic carbocycles. The van der Waals surface area contributed by atoms with Gasteiger partial charge in [-0.3, -0.25) is 4.79 Å². The molecule has 1 aliphatic heterocycles. The Morgan fingerprint density at radius 2 is 1.97 bits per heavy atom. The number of ether oxygens (including phenoxy) is 1. The summed E-state index contributed by atoms with van der Waals surface area (Å²) in [6, 6.07) is 13.3. The number of pyridine rings is 1. The Morgan fingerprint density at radius 3 is 2.75 bits per heavy atom. The van der Waals surface area contributed by atoms with Gasteiger partial charge in [-0.15, -0.1) is 11.3 Å². The molecule has 184 valence electrons. The van der Waals surface area contributed by atoms with Gasteiger partial charge < -0.3 is 20.1 Å². The fourth-order valence-corrected chi connectivity index (χ4v) is 4.68. The molecule has 5 rings (SSSR count). The molecule has 1 saturated heterocycles. The van der Waals surface area contributed by atoms with Crippen molar-refractivity contribution in [1.82, 2.24) is 24.8 Å². The van der Waals surface area contributed by atoms with Gasteiger partial charge in [0, 0.05) is 43.2 Å². The SMILES string of the molecule is CN1CCC(O)(c2cccc(-c3nc(-c4ccnc(Nc5cccc(OC(F)F)n5)n4)cs3)c2)C1=O. The zero-order valence-electron chi connectivity index (χ0n) is 18.9. The number of thiazole rings is 1. The molecular weight excluding hydrogens is 490 g/mol. The van der Waals surface area contributed by atoms with Crippen molar-refractivity contribution in [2.24, 2.45) is 0 Å². The van der Waals surface area contributed by atoms with Crippen LogP contribution in [0.5, 0.6) is 5.88 Å². The predicted molar refractivity (Wildman–Crippen MR) is 129 cm³/mol. The summed E-state index contributed by atoms with van der Waals surface area (Å²) < 4.78 is 29.2. The molecule has 0 spiro atoms. The number of likely N-dealkylation sites (tertiary alicyclic amines) is 1. The third-order valence-corrected chi connectivity index (χ3v) is 6.58. The average Bonchev–Trinajstić information content (AvgIpc) is 3.46. The Morgan fingerprint density at radius 1 is 1.14 bits per heavy atom. The number of nitrogens with one attached hydrogen (secondary N) is 1. The highest BCUT2D eigenvalue weighted by Crippen LogP contribution is 2.36. The van der Waals surface area contributed by atoms with Crippen molar-refractivity contribution in [1.29, 1.82) is 0 Å². The van der Waals surface area contributed by atoms with Crippen molar-refractivity contribution in [3.63, 3.8) is 0 Å². The summed E-state index contributed by atoms with van der Waals surface area (Å²) >= 11 is 1.40. The molecule has 4 heterocycles. The van der Waals surface area contributed by atoms with E-state index in [1.165, 1.54) is 28.4 Å². The molecule has 0 aliphatic carbocycles. The minimum absolute atomic E-state index is 0.205. The van der Waals surface area contributed by atoms with E-state index in [2.05, 4.69) is 30.0 Å². The summed E-state index contributed by atoms with van der Waals surface area (Å²) in [6.07, 6.45) is 1.87. The lowest BCUT2D eigenvalue weighted by molar-refractivity contribution is -0.143. The van der Waals surface area contributed by atoms with Crippen LogP contribution in [0, 0.1) is 0 Å². The van der Waals surface area contributed by atoms with Crippen molar-refractivity contribution in [3.8, 4) is 27.8 Å². The van der Waals surface area contributed by atoms with Crippen LogP contribution in [0.15, 0.2) is 60.1 Å². The molecule has 4 aromatic rings. The number of rotatable bonds is 7. The Kier molecular flexibility index (Phi) is 6.29. The van der Waals surface area contributed by atoms with Gasteiger partial charge in [0.25, 0.3) is 5.91 Å². The standard InChI is InChI=1S/C24H20F2N6O3S/c1-32-11-9-24(34,21(32)33)15-5-2-4-14(12-15)20-28-17(13-36-20)16-8-10-27-23(29-16)31-18-6-3-7-19(30-18)35-22(25)26/h2-8,10,12-13,22,34H,9,11H2,1H3,(H,27,29,30,31). The smallest absolute Gasteiger partial charge is 0.388 e. The summed E-state index contributed by atoms with van der Waals surface area (Å²) in [7, 11) is 1.67. The lowest BCUT2D eigenvalue weighted by Gasteiger charge is -2.21. The Labute approximate surface area is 208 Å². The van der Waals surface area contributed by atoms with E-state index in [1.807, 2.05) is 11.4 Å². The summed E-state index contributed by atoms with van der Waals surface area (Å²) in [4.78, 5) is 31.2. The van der Waals surface area contributed by atoms with Crippen LogP contribution in [0.25, 0.3) is 22.0 Å². The molecule has 1 atom stereocenters. The fourth-order valence-electron chi connectivity index (χ4n) is 3.87. The van der Waals surface area contributed by atoms with Gasteiger partial charge in [-0.25, -0.2) is 15.0 Å². The van der Waals surface area contributed by atoms with Gasteiger partial charge in [0.15, 0.2) is 5.60 Å². The molecule has 0 saturated carbocycles. The summed E-state index contributed by atoms with van der Waals surface area (Å²) in [5, 5.41) is 16.4. The van der Waals surface area contributed by atoms with Gasteiger partial charge in [0.2, 0.25) is 11.8 Å². The predicted octanol–water partition coefficient (Wildman–Crippen LogP) is 4.06. The van der Waals surface area contributed by atoms with Gasteiger partial charge in [0.05, 0.1) is 5.69 Å². The number of nitrogens with zero attached hydrogens (tertiary/aromatic N) is 5. The van der Waals surface area contributed by atoms with Crippen LogP contribution >= 0.6 is 11.3 Å². The molecular formula is C24H20F2N6O3S. The fraction of sp³-hybridized carbons (Fsp3) is 0.208. The van der Waals surface area contributed by atoms with E-state index in [-0.39, 0.29) is 23.6 Å². The third-order valence-electron chi connectivity index (χ3n) is 5.69. The molecule has 1 fully saturated rings. The van der Waals surface area contributed by atoms with Crippen molar-refractivity contribution >= 4 is 29.0 Å². The number of anilines is 2. The molecule has 2 N–H and O–H groups in total. The first-order valence-electron chi connectivity index (χ1n) is 10.9. The number of amides is 1. The number of hydrogen-bond donors (Lipinski definition) is 2. The number of carbonyl (C=O) groups is 1. The summed E-state index contributed by atoms with van der Waals surface area (Å²) in [5.41, 5.74) is 0.905. The number of aliphatic hydroxyl groups is 1. The second kappa shape index (κ2) is 9.55. The zero-order chi connectivity index (χ0) is 25.3. The molecule has 1 unspecified atom stereocenters. The molecule has 0 radical (unpaired) electrons. The quantitative estimate of drug-likeness (QED) is 0.383. The molecule has 3 aromatic heterocycles. The first-order valence-corrected chi connectivity index (χ1v) is 11.8. The van der Waals surface area contributed by atoms with E-state index in [0.717, 1.165) is 5.56 Å². The number of alkyl halides is 2. The average molecular weight is 511 g/mol. The largest absolute Gasteiger partial charge is 0.417 e. The summed E-state index contributed by atoms with van der Waals surface area (Å²) in [5.74, 6) is -0.0997. The van der Waals surface area contributed by atoms with E-state index in [1.54, 1.807) is 43.6 Å². The highest BCUT2D eigenvalue weighted by molar-refractivity contribution is 7.13. The number of hydrogen-bond acceptors (Lipinski definition) is 9. The maximum Gasteiger partial charge on any atom is 0.388 e. The van der Waals surface area contributed by atoms with Crippen molar-refractivity contribution in [3.05, 3.63) is 65.7 Å². The molecule has 0 bridgehead atoms. The molecule has 12 heteroatoms. The number of halogens is 2. The van der Waals surface area contributed by atoms with Crippen LogP contribution in [-0.4, -0.2) is 56.1 Å². The number of likely N-dealkylation sites (N-methyl/N-ethyl adjacent to an activating group) is 1. The third kappa shape index (κ3) is 4.72. The number of aromatic nitrogens is 4. The minimum Gasteiger partial charge on any atom is -0.417 e. The van der Waals surface area contributed by atoms with Gasteiger partial charge in [-0.2, -0.15) is 13.8 Å². The van der Waals surface area contributed by atoms with Crippen LogP contribution in [0.2, 0.25) is 0 Å². The Bertz CT molecular complexity index is 1420. The highest BCUT2D eigenvalue weighted by atomic mass is 32.1. The zero-order valence-corrected chi connectivity index (χ0v) is 19.7. The number of carbonyl (C=O) groups excluding carboxylic acids is 1. The number of benzene rings is 1. The van der Waals surface area contributed by atoms with Gasteiger partial charge in [0.1, 0.15) is 16.5 Å². The molecule has 1 amide bonds. The van der Waals surface area contributed by atoms with E-state index in [0.29, 0.717) is 34.9 Å². The second-order valence-electron chi connectivity index (χ2n) is 8.09. The Balaban J connectivity index is 1.37. The van der Waals surface area contributed by atoms with Crippen molar-refractivity contribution < 1.29 is 23.4 Å². The van der Waals surface area contributed by atoms with Gasteiger partial charge in [-0.05, 0) is 23.8 Å². The van der Waals surface area contributed by atoms with E-state index >= 15 is 0 Å². The van der Waals surface area contributed by atoms with Crippen molar-refractivity contribution in [2.75, 3.05) is 18.9 Å². The minimum atomic E-state index is -2.98. The van der Waals surface area contributed by atoms with Crippen LogP contribution in [-0.2, 0) is 10.4 Å². The lowest BCUT2D eigenvalue weighted by Crippen LogP contribution is -2.36. The van der Waals surface area contributed by atoms with Crippen LogP contribution in [0.1, 0.15) is 12.0 Å². The van der Waals surface area contributed by atoms with Crippen molar-refractivity contribution in [2.45, 2.75) is 18.6 Å². The molecule has 1 aliphatic rings. The monoisotopic (exact) mass is 510 g/mol.